The first-order chi connectivity index (χ1) is 13.6. The Labute approximate surface area is 169 Å². The van der Waals surface area contributed by atoms with Crippen LogP contribution < -0.4 is 14.4 Å². The predicted molar refractivity (Wildman–Crippen MR) is 109 cm³/mol. The van der Waals surface area contributed by atoms with Gasteiger partial charge in [-0.05, 0) is 61.7 Å². The summed E-state index contributed by atoms with van der Waals surface area (Å²) in [4.78, 5) is 2.08. The van der Waals surface area contributed by atoms with Gasteiger partial charge in [0, 0.05) is 17.0 Å². The highest BCUT2D eigenvalue weighted by atomic mass is 35.5. The van der Waals surface area contributed by atoms with Crippen LogP contribution in [0.2, 0.25) is 5.02 Å². The van der Waals surface area contributed by atoms with Gasteiger partial charge in [0.1, 0.15) is 18.9 Å². The first-order valence-corrected chi connectivity index (χ1v) is 10.3. The van der Waals surface area contributed by atoms with Crippen LogP contribution in [0.25, 0.3) is 0 Å². The van der Waals surface area contributed by atoms with Gasteiger partial charge in [-0.3, -0.25) is 4.58 Å². The fourth-order valence-electron chi connectivity index (χ4n) is 4.49. The molecule has 0 amide bonds. The zero-order valence-electron chi connectivity index (χ0n) is 15.7. The predicted octanol–water partition coefficient (Wildman–Crippen LogP) is 3.76. The van der Waals surface area contributed by atoms with Gasteiger partial charge in [0.15, 0.2) is 18.0 Å². The molecule has 3 aliphatic rings. The molecule has 28 heavy (non-hydrogen) atoms. The Morgan fingerprint density at radius 3 is 2.57 bits per heavy atom. The topological polar surface area (TPSA) is 44.9 Å². The van der Waals surface area contributed by atoms with Crippen LogP contribution in [0.4, 0.5) is 5.69 Å². The van der Waals surface area contributed by atoms with Crippen LogP contribution >= 0.6 is 11.6 Å². The second kappa shape index (κ2) is 6.98. The van der Waals surface area contributed by atoms with Crippen molar-refractivity contribution >= 4 is 23.1 Å². The highest BCUT2D eigenvalue weighted by Gasteiger charge is 2.54. The Morgan fingerprint density at radius 2 is 1.75 bits per heavy atom. The minimum atomic E-state index is -1.17. The number of anilines is 1. The number of amidine groups is 1. The molecule has 1 N–H and O–H groups in total. The lowest BCUT2D eigenvalue weighted by atomic mass is 9.99. The summed E-state index contributed by atoms with van der Waals surface area (Å²) in [5.74, 6) is 2.61. The van der Waals surface area contributed by atoms with Gasteiger partial charge in [-0.15, -0.1) is 0 Å². The molecule has 146 valence electrons. The summed E-state index contributed by atoms with van der Waals surface area (Å²) in [7, 11) is 0. The third kappa shape index (κ3) is 2.93. The zero-order chi connectivity index (χ0) is 19.1. The van der Waals surface area contributed by atoms with Crippen LogP contribution in [0.1, 0.15) is 31.2 Å². The van der Waals surface area contributed by atoms with E-state index in [0.717, 1.165) is 42.8 Å². The molecule has 0 radical (unpaired) electrons. The molecule has 0 aliphatic carbocycles. The minimum Gasteiger partial charge on any atom is -0.486 e. The minimum absolute atomic E-state index is 0.527. The number of rotatable bonds is 2. The molecule has 3 heterocycles. The fourth-order valence-corrected chi connectivity index (χ4v) is 4.62. The van der Waals surface area contributed by atoms with E-state index in [1.807, 2.05) is 42.5 Å². The average Bonchev–Trinajstić information content (AvgIpc) is 2.85. The lowest BCUT2D eigenvalue weighted by molar-refractivity contribution is -0.534. The number of fused-ring (bicyclic) bond motifs is 1. The Hall–Kier alpha value is -2.24. The Balaban J connectivity index is 1.61. The summed E-state index contributed by atoms with van der Waals surface area (Å²) in [5, 5.41) is 12.7. The molecular weight excluding hydrogens is 376 g/mol. The van der Waals surface area contributed by atoms with Crippen LogP contribution in [0, 0.1) is 0 Å². The molecule has 5 nitrogen and oxygen atoms in total. The average molecular weight is 400 g/mol. The van der Waals surface area contributed by atoms with Crippen molar-refractivity contribution in [2.24, 2.45) is 0 Å². The highest BCUT2D eigenvalue weighted by molar-refractivity contribution is 6.30. The maximum Gasteiger partial charge on any atom is 0.275 e. The number of hydrogen-bond acceptors (Lipinski definition) is 4. The number of ether oxygens (including phenoxy) is 2. The first kappa shape index (κ1) is 17.8. The van der Waals surface area contributed by atoms with E-state index in [9.17, 15) is 5.11 Å². The number of halogens is 1. The summed E-state index contributed by atoms with van der Waals surface area (Å²) in [5.41, 5.74) is 0.588. The number of aliphatic hydroxyl groups is 1. The molecule has 0 spiro atoms. The Kier molecular flexibility index (Phi) is 4.44. The van der Waals surface area contributed by atoms with Crippen molar-refractivity contribution in [3.8, 4) is 11.5 Å². The molecule has 3 aliphatic heterocycles. The van der Waals surface area contributed by atoms with E-state index in [1.54, 1.807) is 0 Å². The monoisotopic (exact) mass is 399 g/mol. The van der Waals surface area contributed by atoms with E-state index in [4.69, 9.17) is 21.1 Å². The van der Waals surface area contributed by atoms with Gasteiger partial charge in [-0.1, -0.05) is 11.6 Å². The molecule has 0 fully saturated rings. The lowest BCUT2D eigenvalue weighted by Crippen LogP contribution is -2.47. The van der Waals surface area contributed by atoms with Crippen LogP contribution in [0.3, 0.4) is 0 Å². The molecule has 1 atom stereocenters. The molecular formula is C22H24ClN2O3+. The van der Waals surface area contributed by atoms with Gasteiger partial charge in [0.25, 0.3) is 11.6 Å². The summed E-state index contributed by atoms with van der Waals surface area (Å²) >= 11 is 6.12. The van der Waals surface area contributed by atoms with E-state index in [0.29, 0.717) is 30.5 Å². The molecule has 2 aromatic carbocycles. The quantitative estimate of drug-likeness (QED) is 0.781. The molecule has 5 rings (SSSR count). The maximum atomic E-state index is 12.0. The third-order valence-electron chi connectivity index (χ3n) is 5.82. The second-order valence-electron chi connectivity index (χ2n) is 7.64. The second-order valence-corrected chi connectivity index (χ2v) is 8.07. The van der Waals surface area contributed by atoms with Crippen molar-refractivity contribution in [3.63, 3.8) is 0 Å². The molecule has 0 aromatic heterocycles. The number of nitrogens with zero attached hydrogens (tertiary/aromatic N) is 2. The molecule has 0 bridgehead atoms. The standard InChI is InChI=1S/C22H24ClN2O3/c23-17-6-8-18(9-7-17)25-21-4-2-1-3-11-24(21)15-22(25,26)16-5-10-19-20(14-16)28-13-12-27-19/h5-10,14,26H,1-4,11-13,15H2/q+1. The fraction of sp³-hybridized carbons (Fsp3) is 0.409. The van der Waals surface area contributed by atoms with Crippen LogP contribution in [-0.4, -0.2) is 41.8 Å². The first-order valence-electron chi connectivity index (χ1n) is 9.94. The van der Waals surface area contributed by atoms with Gasteiger partial charge in [0.2, 0.25) is 0 Å². The van der Waals surface area contributed by atoms with E-state index in [1.165, 1.54) is 12.3 Å². The largest absolute Gasteiger partial charge is 0.486 e. The molecule has 0 saturated carbocycles. The van der Waals surface area contributed by atoms with Crippen molar-refractivity contribution in [2.75, 3.05) is 31.2 Å². The number of hydrogen-bond donors (Lipinski definition) is 1. The van der Waals surface area contributed by atoms with Crippen molar-refractivity contribution in [1.82, 2.24) is 0 Å². The van der Waals surface area contributed by atoms with Gasteiger partial charge in [-0.25, -0.2) is 0 Å². The van der Waals surface area contributed by atoms with E-state index < -0.39 is 5.72 Å². The van der Waals surface area contributed by atoms with E-state index in [2.05, 4.69) is 9.48 Å². The smallest absolute Gasteiger partial charge is 0.275 e. The molecule has 2 aromatic rings. The van der Waals surface area contributed by atoms with Gasteiger partial charge >= 0.3 is 0 Å². The summed E-state index contributed by atoms with van der Waals surface area (Å²) < 4.78 is 13.8. The Morgan fingerprint density at radius 1 is 0.964 bits per heavy atom. The summed E-state index contributed by atoms with van der Waals surface area (Å²) in [6, 6.07) is 13.5. The summed E-state index contributed by atoms with van der Waals surface area (Å²) in [6.07, 6.45) is 4.45. The van der Waals surface area contributed by atoms with Crippen molar-refractivity contribution in [2.45, 2.75) is 31.4 Å². The molecule has 6 heteroatoms. The van der Waals surface area contributed by atoms with Crippen LogP contribution in [0.15, 0.2) is 42.5 Å². The van der Waals surface area contributed by atoms with Crippen molar-refractivity contribution in [3.05, 3.63) is 53.1 Å². The van der Waals surface area contributed by atoms with E-state index in [-0.39, 0.29) is 0 Å². The van der Waals surface area contributed by atoms with E-state index >= 15 is 0 Å². The highest BCUT2D eigenvalue weighted by Crippen LogP contribution is 2.41. The molecule has 0 saturated heterocycles. The lowest BCUT2D eigenvalue weighted by Gasteiger charge is -2.30. The van der Waals surface area contributed by atoms with Crippen molar-refractivity contribution < 1.29 is 19.2 Å². The third-order valence-corrected chi connectivity index (χ3v) is 6.07. The normalized spacial score (nSPS) is 24.1. The number of benzene rings is 2. The molecule has 1 unspecified atom stereocenters. The van der Waals surface area contributed by atoms with Gasteiger partial charge < -0.3 is 14.6 Å². The summed E-state index contributed by atoms with van der Waals surface area (Å²) in [6.45, 7) is 2.58. The van der Waals surface area contributed by atoms with Gasteiger partial charge in [0.05, 0.1) is 6.54 Å². The van der Waals surface area contributed by atoms with Crippen LogP contribution in [0.5, 0.6) is 11.5 Å². The maximum absolute atomic E-state index is 12.0. The zero-order valence-corrected chi connectivity index (χ0v) is 16.5. The van der Waals surface area contributed by atoms with Gasteiger partial charge in [-0.2, -0.15) is 4.90 Å². The van der Waals surface area contributed by atoms with Crippen LogP contribution in [-0.2, 0) is 5.72 Å². The van der Waals surface area contributed by atoms with Crippen molar-refractivity contribution in [1.29, 1.82) is 0 Å². The SMILES string of the molecule is OC1(c2ccc3c(c2)OCCO3)C[N+]2=C(CCCCC2)N1c1ccc(Cl)cc1. The Bertz CT molecular complexity index is 928.